The number of ether oxygens (including phenoxy) is 2. The van der Waals surface area contributed by atoms with Gasteiger partial charge < -0.3 is 14.8 Å². The van der Waals surface area contributed by atoms with E-state index in [9.17, 15) is 21.6 Å². The Balaban J connectivity index is 2.03. The first-order valence-electron chi connectivity index (χ1n) is 10.4. The van der Waals surface area contributed by atoms with Crippen LogP contribution < -0.4 is 19.1 Å². The first kappa shape index (κ1) is 27.4. The molecule has 0 fully saturated rings. The zero-order chi connectivity index (χ0) is 25.7. The number of anilines is 1. The van der Waals surface area contributed by atoms with E-state index in [4.69, 9.17) is 9.47 Å². The lowest BCUT2D eigenvalue weighted by molar-refractivity contribution is -0.121. The van der Waals surface area contributed by atoms with Gasteiger partial charge in [-0.05, 0) is 55.8 Å². The van der Waals surface area contributed by atoms with Crippen LogP contribution in [0.2, 0.25) is 0 Å². The number of hydrogen-bond donors (Lipinski definition) is 1. The highest BCUT2D eigenvalue weighted by Gasteiger charge is 2.31. The van der Waals surface area contributed by atoms with Crippen LogP contribution in [0.25, 0.3) is 0 Å². The van der Waals surface area contributed by atoms with Gasteiger partial charge in [-0.15, -0.1) is 0 Å². The molecule has 2 aromatic carbocycles. The quantitative estimate of drug-likeness (QED) is 0.453. The third-order valence-electron chi connectivity index (χ3n) is 4.93. The molecule has 0 saturated carbocycles. The third kappa shape index (κ3) is 6.61. The molecule has 1 N–H and O–H groups in total. The molecule has 12 heteroatoms. The summed E-state index contributed by atoms with van der Waals surface area (Å²) in [5, 5.41) is 2.66. The van der Waals surface area contributed by atoms with Crippen LogP contribution in [0, 0.1) is 6.92 Å². The highest BCUT2D eigenvalue weighted by Crippen LogP contribution is 2.32. The van der Waals surface area contributed by atoms with Gasteiger partial charge in [-0.1, -0.05) is 6.07 Å². The molecule has 2 aromatic rings. The van der Waals surface area contributed by atoms with Gasteiger partial charge in [0.2, 0.25) is 26.0 Å². The Hall–Kier alpha value is -2.83. The van der Waals surface area contributed by atoms with E-state index >= 15 is 0 Å². The van der Waals surface area contributed by atoms with Gasteiger partial charge in [0, 0.05) is 14.1 Å². The van der Waals surface area contributed by atoms with Gasteiger partial charge in [-0.25, -0.2) is 21.1 Å². The third-order valence-corrected chi connectivity index (χ3v) is 7.99. The van der Waals surface area contributed by atoms with E-state index in [1.54, 1.807) is 18.2 Å². The van der Waals surface area contributed by atoms with Crippen LogP contribution in [-0.4, -0.2) is 73.7 Å². The zero-order valence-corrected chi connectivity index (χ0v) is 21.7. The first-order valence-corrected chi connectivity index (χ1v) is 13.6. The number of benzene rings is 2. The fourth-order valence-electron chi connectivity index (χ4n) is 3.16. The van der Waals surface area contributed by atoms with Gasteiger partial charge in [-0.2, -0.15) is 0 Å². The molecule has 0 heterocycles. The molecule has 34 heavy (non-hydrogen) atoms. The lowest BCUT2D eigenvalue weighted by Gasteiger charge is -2.29. The number of methoxy groups -OCH3 is 1. The van der Waals surface area contributed by atoms with Crippen molar-refractivity contribution in [3.05, 3.63) is 48.0 Å². The Morgan fingerprint density at radius 2 is 1.68 bits per heavy atom. The van der Waals surface area contributed by atoms with Gasteiger partial charge in [0.1, 0.15) is 24.1 Å². The molecule has 1 atom stereocenters. The van der Waals surface area contributed by atoms with Crippen molar-refractivity contribution in [3.8, 4) is 11.5 Å². The second kappa shape index (κ2) is 11.1. The maximum atomic E-state index is 12.7. The molecule has 10 nitrogen and oxygen atoms in total. The van der Waals surface area contributed by atoms with Gasteiger partial charge in [0.05, 0.1) is 30.5 Å². The van der Waals surface area contributed by atoms with Crippen molar-refractivity contribution < 1.29 is 31.1 Å². The van der Waals surface area contributed by atoms with Crippen molar-refractivity contribution in [1.29, 1.82) is 0 Å². The number of nitrogens with one attached hydrogen (secondary N) is 1. The van der Waals surface area contributed by atoms with Gasteiger partial charge in [0.25, 0.3) is 0 Å². The van der Waals surface area contributed by atoms with Crippen LogP contribution in [0.15, 0.2) is 47.4 Å². The molecule has 0 aliphatic carbocycles. The van der Waals surface area contributed by atoms with Crippen molar-refractivity contribution in [2.75, 3.05) is 44.9 Å². The maximum absolute atomic E-state index is 12.7. The molecule has 188 valence electrons. The van der Waals surface area contributed by atoms with Crippen molar-refractivity contribution in [1.82, 2.24) is 9.62 Å². The molecular weight excluding hydrogens is 482 g/mol. The van der Waals surface area contributed by atoms with Gasteiger partial charge in [0.15, 0.2) is 0 Å². The molecular formula is C22H31N3O7S2. The highest BCUT2D eigenvalue weighted by molar-refractivity contribution is 7.92. The number of rotatable bonds is 11. The molecule has 0 radical (unpaired) electrons. The molecule has 0 aliphatic rings. The SMILES string of the molecule is COc1ccc(C)cc1N([C@@H](C)C(=O)NCCOc1ccc(S(=O)(=O)N(C)C)cc1)S(C)(=O)=O. The number of amides is 1. The highest BCUT2D eigenvalue weighted by atomic mass is 32.2. The van der Waals surface area contributed by atoms with E-state index in [2.05, 4.69) is 5.32 Å². The molecule has 1 amide bonds. The molecule has 0 aliphatic heterocycles. The summed E-state index contributed by atoms with van der Waals surface area (Å²) in [6.45, 7) is 3.52. The number of carbonyl (C=O) groups excluding carboxylic acids is 1. The predicted octanol–water partition coefficient (Wildman–Crippen LogP) is 1.60. The normalized spacial score (nSPS) is 12.8. The topological polar surface area (TPSA) is 122 Å². The summed E-state index contributed by atoms with van der Waals surface area (Å²) in [6, 6.07) is 9.96. The fraction of sp³-hybridized carbons (Fsp3) is 0.409. The number of aryl methyl sites for hydroxylation is 1. The van der Waals surface area contributed by atoms with Crippen molar-refractivity contribution in [3.63, 3.8) is 0 Å². The predicted molar refractivity (Wildman–Crippen MR) is 130 cm³/mol. The van der Waals surface area contributed by atoms with Gasteiger partial charge in [-0.3, -0.25) is 9.10 Å². The van der Waals surface area contributed by atoms with Gasteiger partial charge >= 0.3 is 0 Å². The number of nitrogens with zero attached hydrogens (tertiary/aromatic N) is 2. The molecule has 0 spiro atoms. The summed E-state index contributed by atoms with van der Waals surface area (Å²) < 4.78 is 62.3. The van der Waals surface area contributed by atoms with Crippen molar-refractivity contribution >= 4 is 31.6 Å². The molecule has 0 aromatic heterocycles. The van der Waals surface area contributed by atoms with Crippen LogP contribution in [-0.2, 0) is 24.8 Å². The summed E-state index contributed by atoms with van der Waals surface area (Å²) in [5.74, 6) is 0.256. The first-order chi connectivity index (χ1) is 15.8. The number of carbonyl (C=O) groups is 1. The Morgan fingerprint density at radius 1 is 1.06 bits per heavy atom. The molecule has 0 saturated heterocycles. The second-order valence-corrected chi connectivity index (χ2v) is 11.8. The molecule has 0 bridgehead atoms. The Morgan fingerprint density at radius 3 is 2.21 bits per heavy atom. The van der Waals surface area contributed by atoms with Crippen LogP contribution in [0.3, 0.4) is 0 Å². The summed E-state index contributed by atoms with van der Waals surface area (Å²) in [4.78, 5) is 12.9. The summed E-state index contributed by atoms with van der Waals surface area (Å²) in [5.41, 5.74) is 1.09. The minimum atomic E-state index is -3.80. The van der Waals surface area contributed by atoms with E-state index in [1.807, 2.05) is 6.92 Å². The van der Waals surface area contributed by atoms with Crippen LogP contribution in [0.1, 0.15) is 12.5 Å². The van der Waals surface area contributed by atoms with E-state index < -0.39 is 32.0 Å². The number of sulfonamides is 2. The minimum absolute atomic E-state index is 0.102. The van der Waals surface area contributed by atoms with Crippen LogP contribution >= 0.6 is 0 Å². The molecule has 0 unspecified atom stereocenters. The summed E-state index contributed by atoms with van der Waals surface area (Å²) in [7, 11) is -3.01. The fourth-order valence-corrected chi connectivity index (χ4v) is 5.23. The molecule has 2 rings (SSSR count). The van der Waals surface area contributed by atoms with Crippen molar-refractivity contribution in [2.24, 2.45) is 0 Å². The lowest BCUT2D eigenvalue weighted by atomic mass is 10.2. The van der Waals surface area contributed by atoms with Crippen LogP contribution in [0.5, 0.6) is 11.5 Å². The van der Waals surface area contributed by atoms with E-state index in [0.29, 0.717) is 11.5 Å². The lowest BCUT2D eigenvalue weighted by Crippen LogP contribution is -2.48. The van der Waals surface area contributed by atoms with Crippen molar-refractivity contribution in [2.45, 2.75) is 24.8 Å². The zero-order valence-electron chi connectivity index (χ0n) is 20.1. The monoisotopic (exact) mass is 513 g/mol. The maximum Gasteiger partial charge on any atom is 0.243 e. The summed E-state index contributed by atoms with van der Waals surface area (Å²) in [6.07, 6.45) is 1.03. The van der Waals surface area contributed by atoms with Crippen LogP contribution in [0.4, 0.5) is 5.69 Å². The Kier molecular flexibility index (Phi) is 8.92. The average molecular weight is 514 g/mol. The number of hydrogen-bond acceptors (Lipinski definition) is 7. The smallest absolute Gasteiger partial charge is 0.243 e. The average Bonchev–Trinajstić information content (AvgIpc) is 2.76. The summed E-state index contributed by atoms with van der Waals surface area (Å²) >= 11 is 0. The standard InChI is InChI=1S/C22H31N3O7S2/c1-16-7-12-21(31-5)20(15-16)25(33(6,27)28)17(2)22(26)23-13-14-32-18-8-10-19(11-9-18)34(29,30)24(3)4/h7-12,15,17H,13-14H2,1-6H3,(H,23,26)/t17-/m0/s1. The van der Waals surface area contributed by atoms with E-state index in [1.165, 1.54) is 52.4 Å². The Labute approximate surface area is 201 Å². The van der Waals surface area contributed by atoms with E-state index in [-0.39, 0.29) is 23.7 Å². The van der Waals surface area contributed by atoms with E-state index in [0.717, 1.165) is 20.4 Å². The Bertz CT molecular complexity index is 1210. The largest absolute Gasteiger partial charge is 0.495 e. The second-order valence-electron chi connectivity index (χ2n) is 7.81. The minimum Gasteiger partial charge on any atom is -0.495 e.